The SMILES string of the molecule is COc1ccc2ncc(F)c(N3CCC(O)(CCN)CC3)c2c1.Cc1ccc2c(n1)NC(=O)CO2. The van der Waals surface area contributed by atoms with E-state index in [9.17, 15) is 14.3 Å². The van der Waals surface area contributed by atoms with E-state index >= 15 is 0 Å². The molecule has 0 radical (unpaired) electrons. The Kier molecular flexibility index (Phi) is 7.32. The summed E-state index contributed by atoms with van der Waals surface area (Å²) < 4.78 is 24.8. The molecule has 0 unspecified atom stereocenters. The molecule has 1 aromatic carbocycles. The largest absolute Gasteiger partial charge is 0.497 e. The van der Waals surface area contributed by atoms with Crippen LogP contribution in [0.2, 0.25) is 0 Å². The minimum absolute atomic E-state index is 0.0811. The van der Waals surface area contributed by atoms with Gasteiger partial charge in [-0.1, -0.05) is 0 Å². The Balaban J connectivity index is 0.000000201. The number of nitrogens with two attached hydrogens (primary N) is 1. The van der Waals surface area contributed by atoms with Gasteiger partial charge in [0.1, 0.15) is 5.75 Å². The van der Waals surface area contributed by atoms with Crippen molar-refractivity contribution in [1.29, 1.82) is 0 Å². The van der Waals surface area contributed by atoms with Crippen LogP contribution in [0.25, 0.3) is 10.9 Å². The van der Waals surface area contributed by atoms with E-state index in [1.807, 2.05) is 30.0 Å². The van der Waals surface area contributed by atoms with Gasteiger partial charge < -0.3 is 30.5 Å². The fourth-order valence-corrected chi connectivity index (χ4v) is 4.31. The first-order valence-corrected chi connectivity index (χ1v) is 11.5. The van der Waals surface area contributed by atoms with Gasteiger partial charge in [0.2, 0.25) is 0 Å². The average molecular weight is 484 g/mol. The predicted octanol–water partition coefficient (Wildman–Crippen LogP) is 2.78. The molecule has 4 N–H and O–H groups in total. The molecule has 186 valence electrons. The van der Waals surface area contributed by atoms with Gasteiger partial charge in [0.25, 0.3) is 5.91 Å². The van der Waals surface area contributed by atoms with Gasteiger partial charge in [-0.25, -0.2) is 9.37 Å². The van der Waals surface area contributed by atoms with Gasteiger partial charge in [0, 0.05) is 24.2 Å². The van der Waals surface area contributed by atoms with Crippen molar-refractivity contribution in [2.45, 2.75) is 31.8 Å². The lowest BCUT2D eigenvalue weighted by atomic mass is 9.88. The third-order valence-corrected chi connectivity index (χ3v) is 6.24. The second kappa shape index (κ2) is 10.4. The number of hydrogen-bond acceptors (Lipinski definition) is 8. The molecule has 1 amide bonds. The molecule has 1 fully saturated rings. The number of piperidine rings is 1. The van der Waals surface area contributed by atoms with Crippen LogP contribution in [-0.4, -0.2) is 59.9 Å². The number of aryl methyl sites for hydroxylation is 1. The molecule has 4 heterocycles. The minimum atomic E-state index is -0.734. The van der Waals surface area contributed by atoms with E-state index in [0.29, 0.717) is 61.9 Å². The zero-order chi connectivity index (χ0) is 25.0. The van der Waals surface area contributed by atoms with Crippen LogP contribution >= 0.6 is 0 Å². The summed E-state index contributed by atoms with van der Waals surface area (Å²) in [4.78, 5) is 21.1. The van der Waals surface area contributed by atoms with Crippen LogP contribution in [0.1, 0.15) is 25.0 Å². The van der Waals surface area contributed by atoms with Gasteiger partial charge in [-0.05, 0) is 63.1 Å². The molecule has 0 atom stereocenters. The smallest absolute Gasteiger partial charge is 0.263 e. The topological polar surface area (TPSA) is 123 Å². The van der Waals surface area contributed by atoms with E-state index in [1.54, 1.807) is 19.2 Å². The van der Waals surface area contributed by atoms with Crippen LogP contribution in [0, 0.1) is 12.7 Å². The Morgan fingerprint density at radius 2 is 2.06 bits per heavy atom. The van der Waals surface area contributed by atoms with Crippen molar-refractivity contribution in [2.75, 3.05) is 43.6 Å². The summed E-state index contributed by atoms with van der Waals surface area (Å²) in [6, 6.07) is 9.09. The molecular formula is C25H30FN5O4. The van der Waals surface area contributed by atoms with Crippen molar-refractivity contribution in [1.82, 2.24) is 9.97 Å². The van der Waals surface area contributed by atoms with Crippen LogP contribution in [0.4, 0.5) is 15.9 Å². The predicted molar refractivity (Wildman–Crippen MR) is 131 cm³/mol. The van der Waals surface area contributed by atoms with Gasteiger partial charge in [0.15, 0.2) is 24.0 Å². The average Bonchev–Trinajstić information content (AvgIpc) is 2.84. The molecule has 2 aliphatic heterocycles. The van der Waals surface area contributed by atoms with E-state index in [-0.39, 0.29) is 18.3 Å². The maximum Gasteiger partial charge on any atom is 0.263 e. The highest BCUT2D eigenvalue weighted by Crippen LogP contribution is 2.35. The van der Waals surface area contributed by atoms with Gasteiger partial charge in [0.05, 0.1) is 30.1 Å². The zero-order valence-corrected chi connectivity index (χ0v) is 19.9. The molecule has 1 saturated heterocycles. The molecule has 2 aromatic heterocycles. The number of aromatic nitrogens is 2. The van der Waals surface area contributed by atoms with Crippen molar-refractivity contribution in [2.24, 2.45) is 5.73 Å². The molecule has 0 saturated carbocycles. The molecule has 10 heteroatoms. The molecule has 2 aliphatic rings. The van der Waals surface area contributed by atoms with Crippen LogP contribution < -0.4 is 25.4 Å². The summed E-state index contributed by atoms with van der Waals surface area (Å²) in [5.74, 6) is 1.32. The van der Waals surface area contributed by atoms with Crippen molar-refractivity contribution in [3.63, 3.8) is 0 Å². The molecule has 0 spiro atoms. The van der Waals surface area contributed by atoms with Crippen LogP contribution in [0.5, 0.6) is 11.5 Å². The van der Waals surface area contributed by atoms with Crippen LogP contribution in [-0.2, 0) is 4.79 Å². The summed E-state index contributed by atoms with van der Waals surface area (Å²) in [6.07, 6.45) is 2.99. The number of pyridine rings is 2. The maximum absolute atomic E-state index is 14.5. The van der Waals surface area contributed by atoms with Crippen molar-refractivity contribution < 1.29 is 23.8 Å². The summed E-state index contributed by atoms with van der Waals surface area (Å²) in [7, 11) is 1.58. The lowest BCUT2D eigenvalue weighted by Crippen LogP contribution is -2.45. The fraction of sp³-hybridized carbons (Fsp3) is 0.400. The maximum atomic E-state index is 14.5. The Morgan fingerprint density at radius 3 is 2.77 bits per heavy atom. The number of nitrogens with zero attached hydrogens (tertiary/aromatic N) is 3. The second-order valence-electron chi connectivity index (χ2n) is 8.72. The number of benzene rings is 1. The van der Waals surface area contributed by atoms with Gasteiger partial charge in [-0.3, -0.25) is 9.78 Å². The number of carbonyl (C=O) groups excluding carboxylic acids is 1. The monoisotopic (exact) mass is 483 g/mol. The highest BCUT2D eigenvalue weighted by molar-refractivity contribution is 5.94. The molecule has 0 aliphatic carbocycles. The number of hydrogen-bond donors (Lipinski definition) is 3. The first-order valence-electron chi connectivity index (χ1n) is 11.5. The Hall–Kier alpha value is -3.50. The van der Waals surface area contributed by atoms with Gasteiger partial charge in [-0.15, -0.1) is 0 Å². The number of anilines is 2. The number of halogens is 1. The van der Waals surface area contributed by atoms with E-state index in [0.717, 1.165) is 16.6 Å². The Bertz CT molecular complexity index is 1210. The molecular weight excluding hydrogens is 453 g/mol. The number of carbonyl (C=O) groups is 1. The van der Waals surface area contributed by atoms with Gasteiger partial charge in [-0.2, -0.15) is 0 Å². The third-order valence-electron chi connectivity index (χ3n) is 6.24. The number of amides is 1. The van der Waals surface area contributed by atoms with Crippen molar-refractivity contribution >= 4 is 28.3 Å². The molecule has 5 rings (SSSR count). The summed E-state index contributed by atoms with van der Waals surface area (Å²) in [5, 5.41) is 13.8. The lowest BCUT2D eigenvalue weighted by molar-refractivity contribution is -0.118. The minimum Gasteiger partial charge on any atom is -0.497 e. The number of nitrogens with one attached hydrogen (secondary N) is 1. The van der Waals surface area contributed by atoms with Crippen LogP contribution in [0.15, 0.2) is 36.5 Å². The summed E-state index contributed by atoms with van der Waals surface area (Å²) in [6.45, 7) is 3.58. The Labute approximate surface area is 203 Å². The number of rotatable bonds is 4. The molecule has 3 aromatic rings. The number of methoxy groups -OCH3 is 1. The molecule has 9 nitrogen and oxygen atoms in total. The first kappa shape index (κ1) is 24.6. The first-order chi connectivity index (χ1) is 16.8. The van der Waals surface area contributed by atoms with E-state index < -0.39 is 5.60 Å². The number of fused-ring (bicyclic) bond motifs is 2. The normalized spacial score (nSPS) is 16.5. The van der Waals surface area contributed by atoms with Crippen LogP contribution in [0.3, 0.4) is 0 Å². The standard InChI is InChI=1S/C17H22FN3O2.C8H8N2O2/c1-23-12-2-3-15-13(10-12)16(14(18)11-20-15)21-8-5-17(22,4-7-19)6-9-21;1-5-2-3-6-8(9-5)10-7(11)4-12-6/h2-3,10-11,22H,4-9,19H2,1H3;2-3H,4H2,1H3,(H,9,10,11). The third kappa shape index (κ3) is 5.60. The number of aliphatic hydroxyl groups is 1. The van der Waals surface area contributed by atoms with E-state index in [1.165, 1.54) is 6.20 Å². The second-order valence-corrected chi connectivity index (χ2v) is 8.72. The Morgan fingerprint density at radius 1 is 1.29 bits per heavy atom. The summed E-state index contributed by atoms with van der Waals surface area (Å²) >= 11 is 0. The van der Waals surface area contributed by atoms with Crippen molar-refractivity contribution in [3.05, 3.63) is 48.0 Å². The number of ether oxygens (including phenoxy) is 2. The van der Waals surface area contributed by atoms with Gasteiger partial charge >= 0.3 is 0 Å². The molecule has 35 heavy (non-hydrogen) atoms. The van der Waals surface area contributed by atoms with Crippen molar-refractivity contribution in [3.8, 4) is 11.5 Å². The van der Waals surface area contributed by atoms with E-state index in [2.05, 4.69) is 15.3 Å². The lowest BCUT2D eigenvalue weighted by Gasteiger charge is -2.39. The quantitative estimate of drug-likeness (QED) is 0.518. The highest BCUT2D eigenvalue weighted by Gasteiger charge is 2.33. The zero-order valence-electron chi connectivity index (χ0n) is 19.9. The fourth-order valence-electron chi connectivity index (χ4n) is 4.31. The highest BCUT2D eigenvalue weighted by atomic mass is 19.1. The van der Waals surface area contributed by atoms with E-state index in [4.69, 9.17) is 15.2 Å². The molecule has 0 bridgehead atoms. The summed E-state index contributed by atoms with van der Waals surface area (Å²) in [5.41, 5.74) is 6.95.